The Balaban J connectivity index is 1.31. The average Bonchev–Trinajstić information content (AvgIpc) is 2.48. The fraction of sp³-hybridized carbons (Fsp3) is 0.632. The van der Waals surface area contributed by atoms with Gasteiger partial charge < -0.3 is 10.6 Å². The summed E-state index contributed by atoms with van der Waals surface area (Å²) in [4.78, 5) is 0. The first-order valence-corrected chi connectivity index (χ1v) is 10.2. The first-order chi connectivity index (χ1) is 11.5. The standard InChI is InChI=1S/C19H24Cl2N2S/c20-16-2-1-3-17(21)15(16)4-5-22-18(24)23-19-9-12-6-13(10-19)8-14(7-12)11-19/h1-3,12-14H,4-11H2,(H2,22,23,24). The highest BCUT2D eigenvalue weighted by atomic mass is 35.5. The predicted octanol–water partition coefficient (Wildman–Crippen LogP) is 4.97. The van der Waals surface area contributed by atoms with Crippen LogP contribution in [0.3, 0.4) is 0 Å². The molecule has 1 aromatic rings. The first kappa shape index (κ1) is 16.9. The van der Waals surface area contributed by atoms with E-state index < -0.39 is 0 Å². The maximum Gasteiger partial charge on any atom is 0.166 e. The Hall–Kier alpha value is -0.510. The van der Waals surface area contributed by atoms with E-state index in [1.165, 1.54) is 38.5 Å². The molecule has 4 aliphatic carbocycles. The van der Waals surface area contributed by atoms with Crippen LogP contribution in [0.25, 0.3) is 0 Å². The number of nitrogens with one attached hydrogen (secondary N) is 2. The molecule has 0 saturated heterocycles. The summed E-state index contributed by atoms with van der Waals surface area (Å²) in [5, 5.41) is 9.30. The lowest BCUT2D eigenvalue weighted by Crippen LogP contribution is -2.61. The Morgan fingerprint density at radius 3 is 2.12 bits per heavy atom. The zero-order chi connectivity index (χ0) is 16.7. The van der Waals surface area contributed by atoms with Crippen LogP contribution in [0.15, 0.2) is 18.2 Å². The predicted molar refractivity (Wildman–Crippen MR) is 105 cm³/mol. The zero-order valence-corrected chi connectivity index (χ0v) is 16.1. The van der Waals surface area contributed by atoms with Crippen LogP contribution in [0, 0.1) is 17.8 Å². The van der Waals surface area contributed by atoms with Gasteiger partial charge in [-0.1, -0.05) is 29.3 Å². The van der Waals surface area contributed by atoms with E-state index in [-0.39, 0.29) is 5.54 Å². The van der Waals surface area contributed by atoms with Crippen molar-refractivity contribution >= 4 is 40.5 Å². The molecule has 24 heavy (non-hydrogen) atoms. The summed E-state index contributed by atoms with van der Waals surface area (Å²) in [6.07, 6.45) is 9.04. The molecule has 4 aliphatic rings. The summed E-state index contributed by atoms with van der Waals surface area (Å²) in [6, 6.07) is 5.64. The first-order valence-electron chi connectivity index (χ1n) is 9.02. The highest BCUT2D eigenvalue weighted by Crippen LogP contribution is 2.55. The second-order valence-corrected chi connectivity index (χ2v) is 9.25. The highest BCUT2D eigenvalue weighted by molar-refractivity contribution is 7.80. The van der Waals surface area contributed by atoms with Gasteiger partial charge in [0, 0.05) is 22.1 Å². The van der Waals surface area contributed by atoms with Gasteiger partial charge in [-0.05, 0) is 92.6 Å². The fourth-order valence-corrected chi connectivity index (χ4v) is 6.53. The lowest BCUT2D eigenvalue weighted by Gasteiger charge is -2.57. The van der Waals surface area contributed by atoms with Crippen LogP contribution < -0.4 is 10.6 Å². The lowest BCUT2D eigenvalue weighted by molar-refractivity contribution is -0.0101. The smallest absolute Gasteiger partial charge is 0.166 e. The molecule has 0 heterocycles. The van der Waals surface area contributed by atoms with Crippen LogP contribution in [0.5, 0.6) is 0 Å². The molecule has 0 amide bonds. The number of hydrogen-bond acceptors (Lipinski definition) is 1. The van der Waals surface area contributed by atoms with Crippen molar-refractivity contribution in [3.8, 4) is 0 Å². The summed E-state index contributed by atoms with van der Waals surface area (Å²) in [5.74, 6) is 2.77. The van der Waals surface area contributed by atoms with Crippen molar-refractivity contribution in [3.63, 3.8) is 0 Å². The van der Waals surface area contributed by atoms with E-state index in [9.17, 15) is 0 Å². The van der Waals surface area contributed by atoms with Crippen molar-refractivity contribution in [3.05, 3.63) is 33.8 Å². The molecule has 0 aromatic heterocycles. The summed E-state index contributed by atoms with van der Waals surface area (Å²) in [6.45, 7) is 0.752. The van der Waals surface area contributed by atoms with Gasteiger partial charge in [-0.25, -0.2) is 0 Å². The molecule has 4 bridgehead atoms. The van der Waals surface area contributed by atoms with Gasteiger partial charge in [-0.2, -0.15) is 0 Å². The third-order valence-electron chi connectivity index (χ3n) is 6.14. The molecule has 130 valence electrons. The molecule has 4 saturated carbocycles. The minimum absolute atomic E-state index is 0.265. The summed E-state index contributed by atoms with van der Waals surface area (Å²) < 4.78 is 0. The van der Waals surface area contributed by atoms with Gasteiger partial charge in [0.2, 0.25) is 0 Å². The maximum absolute atomic E-state index is 6.23. The highest BCUT2D eigenvalue weighted by Gasteiger charge is 2.51. The summed E-state index contributed by atoms with van der Waals surface area (Å²) in [7, 11) is 0. The van der Waals surface area contributed by atoms with E-state index in [4.69, 9.17) is 35.4 Å². The van der Waals surface area contributed by atoms with Crippen LogP contribution in [0.4, 0.5) is 0 Å². The van der Waals surface area contributed by atoms with Crippen LogP contribution >= 0.6 is 35.4 Å². The van der Waals surface area contributed by atoms with Crippen molar-refractivity contribution in [2.24, 2.45) is 17.8 Å². The molecular formula is C19H24Cl2N2S. The van der Waals surface area contributed by atoms with E-state index in [2.05, 4.69) is 10.6 Å². The number of rotatable bonds is 4. The van der Waals surface area contributed by atoms with Crippen molar-refractivity contribution < 1.29 is 0 Å². The van der Waals surface area contributed by atoms with Crippen LogP contribution in [-0.2, 0) is 6.42 Å². The van der Waals surface area contributed by atoms with Crippen LogP contribution in [-0.4, -0.2) is 17.2 Å². The third kappa shape index (κ3) is 3.40. The second kappa shape index (κ2) is 6.66. The number of hydrogen-bond donors (Lipinski definition) is 2. The average molecular weight is 383 g/mol. The van der Waals surface area contributed by atoms with Crippen LogP contribution in [0.1, 0.15) is 44.1 Å². The molecule has 0 aliphatic heterocycles. The SMILES string of the molecule is S=C(NCCc1c(Cl)cccc1Cl)NC12CC3CC(CC(C3)C1)C2. The van der Waals surface area contributed by atoms with Gasteiger partial charge in [-0.3, -0.25) is 0 Å². The Kier molecular flexibility index (Phi) is 4.70. The molecule has 0 radical (unpaired) electrons. The number of benzene rings is 1. The lowest BCUT2D eigenvalue weighted by atomic mass is 9.53. The largest absolute Gasteiger partial charge is 0.362 e. The van der Waals surface area contributed by atoms with E-state index in [1.807, 2.05) is 18.2 Å². The molecule has 0 unspecified atom stereocenters. The monoisotopic (exact) mass is 382 g/mol. The number of halogens is 2. The Morgan fingerprint density at radius 2 is 1.58 bits per heavy atom. The van der Waals surface area contributed by atoms with Gasteiger partial charge in [0.05, 0.1) is 0 Å². The fourth-order valence-electron chi connectivity index (χ4n) is 5.62. The molecule has 0 spiro atoms. The quantitative estimate of drug-likeness (QED) is 0.718. The zero-order valence-electron chi connectivity index (χ0n) is 13.8. The molecule has 5 heteroatoms. The Bertz CT molecular complexity index is 591. The van der Waals surface area contributed by atoms with E-state index in [0.29, 0.717) is 0 Å². The molecular weight excluding hydrogens is 359 g/mol. The molecule has 1 aromatic carbocycles. The van der Waals surface area contributed by atoms with Crippen molar-refractivity contribution in [2.75, 3.05) is 6.54 Å². The Labute approximate surface area is 159 Å². The van der Waals surface area contributed by atoms with Crippen molar-refractivity contribution in [2.45, 2.75) is 50.5 Å². The molecule has 2 nitrogen and oxygen atoms in total. The van der Waals surface area contributed by atoms with E-state index in [0.717, 1.165) is 51.4 Å². The number of thiocarbonyl (C=S) groups is 1. The molecule has 0 atom stereocenters. The molecule has 2 N–H and O–H groups in total. The minimum atomic E-state index is 0.265. The summed E-state index contributed by atoms with van der Waals surface area (Å²) in [5.41, 5.74) is 1.26. The third-order valence-corrected chi connectivity index (χ3v) is 7.09. The maximum atomic E-state index is 6.23. The minimum Gasteiger partial charge on any atom is -0.362 e. The van der Waals surface area contributed by atoms with Gasteiger partial charge in [0.15, 0.2) is 5.11 Å². The second-order valence-electron chi connectivity index (χ2n) is 8.03. The summed E-state index contributed by atoms with van der Waals surface area (Å²) >= 11 is 18.0. The molecule has 5 rings (SSSR count). The van der Waals surface area contributed by atoms with Gasteiger partial charge in [0.25, 0.3) is 0 Å². The van der Waals surface area contributed by atoms with E-state index in [1.54, 1.807) is 0 Å². The topological polar surface area (TPSA) is 24.1 Å². The van der Waals surface area contributed by atoms with Gasteiger partial charge in [-0.15, -0.1) is 0 Å². The van der Waals surface area contributed by atoms with E-state index >= 15 is 0 Å². The van der Waals surface area contributed by atoms with Gasteiger partial charge in [0.1, 0.15) is 0 Å². The molecule has 4 fully saturated rings. The Morgan fingerprint density at radius 1 is 1.04 bits per heavy atom. The van der Waals surface area contributed by atoms with Gasteiger partial charge >= 0.3 is 0 Å². The van der Waals surface area contributed by atoms with Crippen molar-refractivity contribution in [1.29, 1.82) is 0 Å². The van der Waals surface area contributed by atoms with Crippen LogP contribution in [0.2, 0.25) is 10.0 Å². The normalized spacial score (nSPS) is 33.5. The van der Waals surface area contributed by atoms with Crippen molar-refractivity contribution in [1.82, 2.24) is 10.6 Å².